The van der Waals surface area contributed by atoms with E-state index in [1.807, 2.05) is 47.4 Å². The Kier molecular flexibility index (Phi) is 11.4. The van der Waals surface area contributed by atoms with Crippen LogP contribution in [0.1, 0.15) is 42.3 Å². The number of carbonyl (C=O) groups is 1. The molecule has 1 saturated heterocycles. The number of piperazine rings is 1. The molecule has 3 aromatic carbocycles. The molecule has 0 bridgehead atoms. The van der Waals surface area contributed by atoms with Gasteiger partial charge in [-0.2, -0.15) is 0 Å². The van der Waals surface area contributed by atoms with Gasteiger partial charge < -0.3 is 29.0 Å². The highest BCUT2D eigenvalue weighted by Crippen LogP contribution is 2.41. The quantitative estimate of drug-likeness (QED) is 0.166. The minimum absolute atomic E-state index is 0.00613. The van der Waals surface area contributed by atoms with Crippen LogP contribution in [0.5, 0.6) is 11.5 Å². The lowest BCUT2D eigenvalue weighted by Gasteiger charge is -2.40. The normalized spacial score (nSPS) is 14.6. The molecule has 1 aliphatic heterocycles. The molecule has 0 spiro atoms. The minimum atomic E-state index is -0.865. The summed E-state index contributed by atoms with van der Waals surface area (Å²) < 4.78 is 19.0. The zero-order valence-electron chi connectivity index (χ0n) is 31.6. The number of carbonyl (C=O) groups excluding carboxylic acids is 1. The topological polar surface area (TPSA) is 127 Å². The first-order valence-electron chi connectivity index (χ1n) is 17.9. The Morgan fingerprint density at radius 2 is 1.60 bits per heavy atom. The number of hydrogen-bond donors (Lipinski definition) is 2. The number of hydrogen-bond acceptors (Lipinski definition) is 9. The van der Waals surface area contributed by atoms with Gasteiger partial charge in [-0.05, 0) is 87.9 Å². The van der Waals surface area contributed by atoms with E-state index in [2.05, 4.69) is 43.7 Å². The second-order valence-corrected chi connectivity index (χ2v) is 16.8. The minimum Gasteiger partial charge on any atom is -0.493 e. The predicted octanol–water partition coefficient (Wildman–Crippen LogP) is 5.65. The van der Waals surface area contributed by atoms with Crippen LogP contribution in [0.2, 0.25) is 13.1 Å². The standard InChI is InChI=1S/C41H49N4O7Si/c1-41(2,3)36(52-53(6)7)23-43-14-16-44(17-15-43)40(49)31-22-38(48)45(33-11-9-8-10-29(31)33)37-20-26(12-13-42-37)39-30-21-35(51-5)34(50-4)19-27(30)18-28(24-46)32(39)25-47/h8-13,18-22,36,46-47H,14-17,23-25H2,1-7H3. The molecule has 1 fully saturated rings. The number of ether oxygens (including phenoxy) is 2. The van der Waals surface area contributed by atoms with Crippen molar-refractivity contribution < 1.29 is 28.9 Å². The molecule has 53 heavy (non-hydrogen) atoms. The van der Waals surface area contributed by atoms with E-state index in [0.717, 1.165) is 30.4 Å². The van der Waals surface area contributed by atoms with Gasteiger partial charge in [-0.15, -0.1) is 0 Å². The lowest BCUT2D eigenvalue weighted by Crippen LogP contribution is -2.52. The lowest BCUT2D eigenvalue weighted by molar-refractivity contribution is 0.0274. The molecule has 0 saturated carbocycles. The van der Waals surface area contributed by atoms with E-state index in [9.17, 15) is 19.8 Å². The van der Waals surface area contributed by atoms with Crippen molar-refractivity contribution in [3.05, 3.63) is 93.9 Å². The molecule has 1 aliphatic rings. The second-order valence-electron chi connectivity index (χ2n) is 14.8. The Hall–Kier alpha value is -4.59. The zero-order chi connectivity index (χ0) is 38.0. The summed E-state index contributed by atoms with van der Waals surface area (Å²) in [5.74, 6) is 1.22. The lowest BCUT2D eigenvalue weighted by atomic mass is 9.89. The van der Waals surface area contributed by atoms with E-state index in [1.165, 1.54) is 10.6 Å². The molecule has 12 heteroatoms. The van der Waals surface area contributed by atoms with Gasteiger partial charge in [0.15, 0.2) is 11.5 Å². The van der Waals surface area contributed by atoms with E-state index < -0.39 is 9.04 Å². The first-order chi connectivity index (χ1) is 25.4. The molecule has 6 rings (SSSR count). The molecule has 1 unspecified atom stereocenters. The van der Waals surface area contributed by atoms with Gasteiger partial charge >= 0.3 is 0 Å². The van der Waals surface area contributed by atoms with Gasteiger partial charge in [-0.1, -0.05) is 39.0 Å². The first kappa shape index (κ1) is 38.1. The SMILES string of the molecule is COc1cc2cc(CO)c(CO)c(-c3ccnc(-n4c(=O)cc(C(=O)N5CCN(CC(O[Si](C)C)C(C)(C)C)CC5)c5ccccc54)c3)c2cc1OC. The van der Waals surface area contributed by atoms with Gasteiger partial charge in [-0.3, -0.25) is 19.1 Å². The average molecular weight is 738 g/mol. The monoisotopic (exact) mass is 737 g/mol. The van der Waals surface area contributed by atoms with E-state index in [0.29, 0.717) is 69.1 Å². The van der Waals surface area contributed by atoms with E-state index in [1.54, 1.807) is 32.5 Å². The number of aliphatic hydroxyl groups is 2. The summed E-state index contributed by atoms with van der Waals surface area (Å²) in [6.07, 6.45) is 1.72. The Labute approximate surface area is 312 Å². The van der Waals surface area contributed by atoms with Crippen LogP contribution in [-0.2, 0) is 17.6 Å². The maximum Gasteiger partial charge on any atom is 0.257 e. The van der Waals surface area contributed by atoms with Crippen molar-refractivity contribution in [1.29, 1.82) is 0 Å². The molecule has 0 aliphatic carbocycles. The smallest absolute Gasteiger partial charge is 0.257 e. The second kappa shape index (κ2) is 15.8. The van der Waals surface area contributed by atoms with Crippen LogP contribution in [0, 0.1) is 5.41 Å². The fraction of sp³-hybridized carbons (Fsp3) is 0.390. The van der Waals surface area contributed by atoms with Crippen molar-refractivity contribution in [2.24, 2.45) is 5.41 Å². The van der Waals surface area contributed by atoms with Gasteiger partial charge in [0.1, 0.15) is 5.82 Å². The fourth-order valence-electron chi connectivity index (χ4n) is 7.18. The van der Waals surface area contributed by atoms with Crippen LogP contribution in [0.25, 0.3) is 38.6 Å². The summed E-state index contributed by atoms with van der Waals surface area (Å²) in [6, 6.07) is 17.9. The summed E-state index contributed by atoms with van der Waals surface area (Å²) in [6.45, 7) is 13.7. The number of nitrogens with zero attached hydrogens (tertiary/aromatic N) is 4. The molecular weight excluding hydrogens is 689 g/mol. The largest absolute Gasteiger partial charge is 0.493 e. The van der Waals surface area contributed by atoms with Crippen LogP contribution in [0.4, 0.5) is 0 Å². The summed E-state index contributed by atoms with van der Waals surface area (Å²) in [5.41, 5.74) is 2.99. The van der Waals surface area contributed by atoms with E-state index >= 15 is 0 Å². The van der Waals surface area contributed by atoms with Crippen molar-refractivity contribution in [3.63, 3.8) is 0 Å². The number of fused-ring (bicyclic) bond motifs is 2. The number of para-hydroxylation sites is 1. The summed E-state index contributed by atoms with van der Waals surface area (Å²) in [7, 11) is 2.25. The summed E-state index contributed by atoms with van der Waals surface area (Å²) >= 11 is 0. The number of benzene rings is 3. The van der Waals surface area contributed by atoms with Crippen molar-refractivity contribution in [3.8, 4) is 28.4 Å². The van der Waals surface area contributed by atoms with Crippen LogP contribution in [-0.4, -0.2) is 97.6 Å². The van der Waals surface area contributed by atoms with Crippen molar-refractivity contribution in [2.45, 2.75) is 53.2 Å². The molecule has 1 radical (unpaired) electrons. The molecule has 2 N–H and O–H groups in total. The molecular formula is C41H49N4O7Si. The van der Waals surface area contributed by atoms with E-state index in [4.69, 9.17) is 13.9 Å². The van der Waals surface area contributed by atoms with Crippen molar-refractivity contribution in [2.75, 3.05) is 46.9 Å². The Morgan fingerprint density at radius 1 is 0.906 bits per heavy atom. The highest BCUT2D eigenvalue weighted by Gasteiger charge is 2.31. The Balaban J connectivity index is 1.36. The average Bonchev–Trinajstić information content (AvgIpc) is 3.15. The van der Waals surface area contributed by atoms with Crippen molar-refractivity contribution in [1.82, 2.24) is 19.4 Å². The first-order valence-corrected chi connectivity index (χ1v) is 20.3. The summed E-state index contributed by atoms with van der Waals surface area (Å²) in [4.78, 5) is 37.0. The maximum atomic E-state index is 14.1. The third-order valence-corrected chi connectivity index (χ3v) is 10.8. The molecule has 2 aromatic heterocycles. The van der Waals surface area contributed by atoms with Crippen LogP contribution >= 0.6 is 0 Å². The Bertz CT molecular complexity index is 2180. The predicted molar refractivity (Wildman–Crippen MR) is 209 cm³/mol. The maximum absolute atomic E-state index is 14.1. The van der Waals surface area contributed by atoms with Gasteiger partial charge in [0, 0.05) is 50.4 Å². The van der Waals surface area contributed by atoms with Crippen molar-refractivity contribution >= 4 is 36.6 Å². The highest BCUT2D eigenvalue weighted by atomic mass is 28.3. The molecule has 1 amide bonds. The fourth-order valence-corrected chi connectivity index (χ4v) is 8.18. The number of aliphatic hydroxyl groups excluding tert-OH is 2. The number of methoxy groups -OCH3 is 2. The van der Waals surface area contributed by atoms with Crippen LogP contribution < -0.4 is 15.0 Å². The molecule has 11 nitrogen and oxygen atoms in total. The van der Waals surface area contributed by atoms with Gasteiger partial charge in [0.05, 0.1) is 44.6 Å². The molecule has 279 valence electrons. The third kappa shape index (κ3) is 7.74. The number of amides is 1. The zero-order valence-corrected chi connectivity index (χ0v) is 32.6. The number of aromatic nitrogens is 2. The molecule has 5 aromatic rings. The molecule has 1 atom stereocenters. The van der Waals surface area contributed by atoms with Gasteiger partial charge in [-0.25, -0.2) is 4.98 Å². The number of rotatable bonds is 11. The van der Waals surface area contributed by atoms with Crippen LogP contribution in [0.15, 0.2) is 71.7 Å². The van der Waals surface area contributed by atoms with Gasteiger partial charge in [0.25, 0.3) is 11.5 Å². The van der Waals surface area contributed by atoms with Gasteiger partial charge in [0.2, 0.25) is 9.04 Å². The highest BCUT2D eigenvalue weighted by molar-refractivity contribution is 6.48. The molecule has 3 heterocycles. The van der Waals surface area contributed by atoms with E-state index in [-0.39, 0.29) is 36.2 Å². The number of pyridine rings is 2. The summed E-state index contributed by atoms with van der Waals surface area (Å²) in [5, 5.41) is 23.1. The third-order valence-electron chi connectivity index (χ3n) is 10.0. The van der Waals surface area contributed by atoms with Crippen LogP contribution in [0.3, 0.4) is 0 Å². The Morgan fingerprint density at radius 3 is 2.25 bits per heavy atom.